The lowest BCUT2D eigenvalue weighted by Crippen LogP contribution is -2.30. The summed E-state index contributed by atoms with van der Waals surface area (Å²) in [5.41, 5.74) is 0. The number of nitrogens with one attached hydrogen (secondary N) is 1. The molecule has 0 rings (SSSR count). The molecule has 0 aromatic rings. The van der Waals surface area contributed by atoms with Gasteiger partial charge in [-0.1, -0.05) is 53.4 Å². The normalized spacial score (nSPS) is 13.8. The Bertz CT molecular complexity index is 127. The molecule has 1 heteroatoms. The molecule has 0 aromatic heterocycles. The van der Waals surface area contributed by atoms with Crippen molar-refractivity contribution in [3.63, 3.8) is 0 Å². The molecule has 0 aliphatic carbocycles. The van der Waals surface area contributed by atoms with Crippen LogP contribution in [0.1, 0.15) is 66.7 Å². The third-order valence-electron chi connectivity index (χ3n) is 3.33. The summed E-state index contributed by atoms with van der Waals surface area (Å²) in [4.78, 5) is 0. The minimum atomic E-state index is 0.698. The molecule has 0 aliphatic heterocycles. The molecule has 15 heavy (non-hydrogen) atoms. The van der Waals surface area contributed by atoms with Crippen LogP contribution in [0, 0.1) is 11.8 Å². The minimum Gasteiger partial charge on any atom is -0.314 e. The van der Waals surface area contributed by atoms with E-state index >= 15 is 0 Å². The van der Waals surface area contributed by atoms with Crippen molar-refractivity contribution in [2.75, 3.05) is 6.54 Å². The zero-order chi connectivity index (χ0) is 11.7. The van der Waals surface area contributed by atoms with E-state index < -0.39 is 0 Å². The van der Waals surface area contributed by atoms with Gasteiger partial charge in [-0.25, -0.2) is 0 Å². The van der Waals surface area contributed by atoms with Gasteiger partial charge in [-0.15, -0.1) is 0 Å². The van der Waals surface area contributed by atoms with Crippen LogP contribution in [0.4, 0.5) is 0 Å². The van der Waals surface area contributed by atoms with Gasteiger partial charge in [0.25, 0.3) is 0 Å². The highest BCUT2D eigenvalue weighted by atomic mass is 14.9. The van der Waals surface area contributed by atoms with Crippen LogP contribution in [-0.2, 0) is 0 Å². The van der Waals surface area contributed by atoms with Crippen LogP contribution in [0.5, 0.6) is 0 Å². The highest BCUT2D eigenvalue weighted by molar-refractivity contribution is 4.65. The van der Waals surface area contributed by atoms with Crippen molar-refractivity contribution in [3.8, 4) is 0 Å². The van der Waals surface area contributed by atoms with E-state index in [-0.39, 0.29) is 0 Å². The molecule has 0 saturated heterocycles. The monoisotopic (exact) mass is 213 g/mol. The van der Waals surface area contributed by atoms with E-state index in [9.17, 15) is 0 Å². The summed E-state index contributed by atoms with van der Waals surface area (Å²) >= 11 is 0. The van der Waals surface area contributed by atoms with Crippen molar-refractivity contribution in [2.45, 2.75) is 72.8 Å². The van der Waals surface area contributed by atoms with Gasteiger partial charge in [0.15, 0.2) is 0 Å². The van der Waals surface area contributed by atoms with Crippen molar-refractivity contribution >= 4 is 0 Å². The fraction of sp³-hybridized carbons (Fsp3) is 1.00. The van der Waals surface area contributed by atoms with E-state index in [1.54, 1.807) is 0 Å². The lowest BCUT2D eigenvalue weighted by Gasteiger charge is -2.18. The molecule has 1 nitrogen and oxygen atoms in total. The zero-order valence-electron chi connectivity index (χ0n) is 11.5. The van der Waals surface area contributed by atoms with Gasteiger partial charge in [-0.3, -0.25) is 0 Å². The Balaban J connectivity index is 3.43. The Morgan fingerprint density at radius 3 is 2.00 bits per heavy atom. The van der Waals surface area contributed by atoms with Gasteiger partial charge in [-0.05, 0) is 31.7 Å². The first-order valence-corrected chi connectivity index (χ1v) is 6.83. The van der Waals surface area contributed by atoms with Crippen LogP contribution < -0.4 is 5.32 Å². The summed E-state index contributed by atoms with van der Waals surface area (Å²) < 4.78 is 0. The predicted molar refractivity (Wildman–Crippen MR) is 70.2 cm³/mol. The van der Waals surface area contributed by atoms with Crippen LogP contribution in [0.3, 0.4) is 0 Å². The van der Waals surface area contributed by atoms with Crippen molar-refractivity contribution in [1.29, 1.82) is 0 Å². The standard InChI is InChI=1S/C14H31N/c1-6-14(7-2)11-15-13(5)10-8-9-12(3)4/h12-15H,6-11H2,1-5H3. The third-order valence-corrected chi connectivity index (χ3v) is 3.33. The van der Waals surface area contributed by atoms with Gasteiger partial charge in [-0.2, -0.15) is 0 Å². The Kier molecular flexibility index (Phi) is 9.18. The van der Waals surface area contributed by atoms with E-state index in [0.717, 1.165) is 11.8 Å². The van der Waals surface area contributed by atoms with E-state index in [4.69, 9.17) is 0 Å². The number of hydrogen-bond donors (Lipinski definition) is 1. The summed E-state index contributed by atoms with van der Waals surface area (Å²) in [5, 5.41) is 3.66. The van der Waals surface area contributed by atoms with Gasteiger partial charge >= 0.3 is 0 Å². The summed E-state index contributed by atoms with van der Waals surface area (Å²) in [6, 6.07) is 0.698. The Labute approximate surface area is 97.0 Å². The first-order chi connectivity index (χ1) is 7.10. The van der Waals surface area contributed by atoms with Crippen molar-refractivity contribution in [1.82, 2.24) is 5.32 Å². The highest BCUT2D eigenvalue weighted by Gasteiger charge is 2.06. The molecule has 0 radical (unpaired) electrons. The summed E-state index contributed by atoms with van der Waals surface area (Å²) in [7, 11) is 0. The third kappa shape index (κ3) is 8.92. The summed E-state index contributed by atoms with van der Waals surface area (Å²) in [5.74, 6) is 1.73. The molecule has 0 saturated carbocycles. The van der Waals surface area contributed by atoms with Crippen molar-refractivity contribution in [3.05, 3.63) is 0 Å². The second-order valence-electron chi connectivity index (χ2n) is 5.32. The van der Waals surface area contributed by atoms with Gasteiger partial charge < -0.3 is 5.32 Å². The zero-order valence-corrected chi connectivity index (χ0v) is 11.5. The van der Waals surface area contributed by atoms with Gasteiger partial charge in [0, 0.05) is 6.04 Å². The van der Waals surface area contributed by atoms with E-state index in [0.29, 0.717) is 6.04 Å². The number of hydrogen-bond acceptors (Lipinski definition) is 1. The van der Waals surface area contributed by atoms with Crippen LogP contribution in [0.25, 0.3) is 0 Å². The Morgan fingerprint density at radius 2 is 1.53 bits per heavy atom. The fourth-order valence-electron chi connectivity index (χ4n) is 1.88. The Hall–Kier alpha value is -0.0400. The maximum atomic E-state index is 3.66. The van der Waals surface area contributed by atoms with Crippen LogP contribution in [0.15, 0.2) is 0 Å². The molecule has 0 spiro atoms. The molecular weight excluding hydrogens is 182 g/mol. The van der Waals surface area contributed by atoms with Crippen LogP contribution in [0.2, 0.25) is 0 Å². The summed E-state index contributed by atoms with van der Waals surface area (Å²) in [6.07, 6.45) is 6.69. The SMILES string of the molecule is CCC(CC)CNC(C)CCCC(C)C. The van der Waals surface area contributed by atoms with Crippen molar-refractivity contribution < 1.29 is 0 Å². The van der Waals surface area contributed by atoms with Gasteiger partial charge in [0.2, 0.25) is 0 Å². The lowest BCUT2D eigenvalue weighted by atomic mass is 10.0. The average Bonchev–Trinajstić information content (AvgIpc) is 2.18. The maximum Gasteiger partial charge on any atom is 0.00388 e. The van der Waals surface area contributed by atoms with Crippen molar-refractivity contribution in [2.24, 2.45) is 11.8 Å². The lowest BCUT2D eigenvalue weighted by molar-refractivity contribution is 0.394. The molecule has 1 atom stereocenters. The maximum absolute atomic E-state index is 3.66. The average molecular weight is 213 g/mol. The fourth-order valence-corrected chi connectivity index (χ4v) is 1.88. The van der Waals surface area contributed by atoms with E-state index in [1.165, 1.54) is 38.6 Å². The minimum absolute atomic E-state index is 0.698. The molecule has 92 valence electrons. The molecule has 1 unspecified atom stereocenters. The largest absolute Gasteiger partial charge is 0.314 e. The highest BCUT2D eigenvalue weighted by Crippen LogP contribution is 2.10. The topological polar surface area (TPSA) is 12.0 Å². The molecule has 0 amide bonds. The van der Waals surface area contributed by atoms with E-state index in [1.807, 2.05) is 0 Å². The molecule has 0 bridgehead atoms. The molecule has 1 N–H and O–H groups in total. The second kappa shape index (κ2) is 9.21. The van der Waals surface area contributed by atoms with E-state index in [2.05, 4.69) is 39.9 Å². The number of rotatable bonds is 9. The smallest absolute Gasteiger partial charge is 0.00388 e. The van der Waals surface area contributed by atoms with Crippen LogP contribution >= 0.6 is 0 Å². The molecule has 0 aliphatic rings. The first kappa shape index (κ1) is 15.0. The second-order valence-corrected chi connectivity index (χ2v) is 5.32. The quantitative estimate of drug-likeness (QED) is 0.604. The first-order valence-electron chi connectivity index (χ1n) is 6.83. The Morgan fingerprint density at radius 1 is 0.933 bits per heavy atom. The summed E-state index contributed by atoms with van der Waals surface area (Å²) in [6.45, 7) is 12.7. The predicted octanol–water partition coefficient (Wildman–Crippen LogP) is 4.23. The van der Waals surface area contributed by atoms with Gasteiger partial charge in [0.05, 0.1) is 0 Å². The van der Waals surface area contributed by atoms with Gasteiger partial charge in [0.1, 0.15) is 0 Å². The molecule has 0 heterocycles. The molecule has 0 aromatic carbocycles. The molecule has 0 fully saturated rings. The van der Waals surface area contributed by atoms with Crippen LogP contribution in [-0.4, -0.2) is 12.6 Å². The molecular formula is C14H31N.